The smallest absolute Gasteiger partial charge is 0.387 e. The molecule has 0 spiro atoms. The summed E-state index contributed by atoms with van der Waals surface area (Å²) >= 11 is 1.19. The molecule has 0 aliphatic carbocycles. The van der Waals surface area contributed by atoms with Crippen molar-refractivity contribution in [1.82, 2.24) is 5.32 Å². The van der Waals surface area contributed by atoms with E-state index in [0.29, 0.717) is 11.3 Å². The Kier molecular flexibility index (Phi) is 8.25. The molecule has 1 atom stereocenters. The molecule has 5 nitrogen and oxygen atoms in total. The number of benzene rings is 2. The van der Waals surface area contributed by atoms with E-state index in [0.717, 1.165) is 5.56 Å². The molecule has 0 aliphatic heterocycles. The van der Waals surface area contributed by atoms with Crippen LogP contribution in [-0.4, -0.2) is 29.9 Å². The Balaban J connectivity index is 1.74. The zero-order valence-electron chi connectivity index (χ0n) is 15.6. The van der Waals surface area contributed by atoms with E-state index in [1.165, 1.54) is 23.9 Å². The normalized spacial score (nSPS) is 11.8. The molecule has 150 valence electrons. The van der Waals surface area contributed by atoms with Gasteiger partial charge in [-0.05, 0) is 43.7 Å². The summed E-state index contributed by atoms with van der Waals surface area (Å²) < 4.78 is 29.0. The first-order valence-corrected chi connectivity index (χ1v) is 9.77. The molecule has 0 aromatic heterocycles. The SMILES string of the molecule is Cc1ccc(NC(=O)CSCC(=O)NC(C)c2cccc(OC(F)F)c2)cc1. The van der Waals surface area contributed by atoms with Gasteiger partial charge in [0.1, 0.15) is 5.75 Å². The van der Waals surface area contributed by atoms with Crippen LogP contribution in [0.25, 0.3) is 0 Å². The number of rotatable bonds is 9. The van der Waals surface area contributed by atoms with Gasteiger partial charge in [0.05, 0.1) is 17.5 Å². The molecular formula is C20H22F2N2O3S. The van der Waals surface area contributed by atoms with Crippen LogP contribution in [0.3, 0.4) is 0 Å². The predicted octanol–water partition coefficient (Wildman–Crippen LogP) is 4.15. The lowest BCUT2D eigenvalue weighted by molar-refractivity contribution is -0.119. The van der Waals surface area contributed by atoms with Crippen molar-refractivity contribution in [3.8, 4) is 5.75 Å². The molecule has 0 bridgehead atoms. The summed E-state index contributed by atoms with van der Waals surface area (Å²) in [4.78, 5) is 24.0. The standard InChI is InChI=1S/C20H22F2N2O3S/c1-13-6-8-16(9-7-13)24-19(26)12-28-11-18(25)23-14(2)15-4-3-5-17(10-15)27-20(21)22/h3-10,14,20H,11-12H2,1-2H3,(H,23,25)(H,24,26). The van der Waals surface area contributed by atoms with Gasteiger partial charge in [-0.15, -0.1) is 11.8 Å². The number of anilines is 1. The number of hydrogen-bond acceptors (Lipinski definition) is 4. The second kappa shape index (κ2) is 10.7. The van der Waals surface area contributed by atoms with Crippen molar-refractivity contribution in [2.24, 2.45) is 0 Å². The third-order valence-electron chi connectivity index (χ3n) is 3.76. The zero-order chi connectivity index (χ0) is 20.5. The molecule has 28 heavy (non-hydrogen) atoms. The highest BCUT2D eigenvalue weighted by Crippen LogP contribution is 2.20. The number of halogens is 2. The largest absolute Gasteiger partial charge is 0.435 e. The van der Waals surface area contributed by atoms with E-state index < -0.39 is 6.61 Å². The molecule has 8 heteroatoms. The third-order valence-corrected chi connectivity index (χ3v) is 4.70. The summed E-state index contributed by atoms with van der Waals surface area (Å²) in [5.74, 6) is -0.144. The number of aryl methyl sites for hydroxylation is 1. The van der Waals surface area contributed by atoms with Gasteiger partial charge in [-0.3, -0.25) is 9.59 Å². The maximum absolute atomic E-state index is 12.3. The number of carbonyl (C=O) groups is 2. The number of thioether (sulfide) groups is 1. The van der Waals surface area contributed by atoms with Gasteiger partial charge in [0, 0.05) is 5.69 Å². The van der Waals surface area contributed by atoms with Gasteiger partial charge in [0.2, 0.25) is 11.8 Å². The van der Waals surface area contributed by atoms with Gasteiger partial charge in [0.15, 0.2) is 0 Å². The van der Waals surface area contributed by atoms with E-state index in [1.807, 2.05) is 31.2 Å². The molecule has 0 saturated carbocycles. The minimum absolute atomic E-state index is 0.0377. The Morgan fingerprint density at radius 2 is 1.75 bits per heavy atom. The number of amides is 2. The summed E-state index contributed by atoms with van der Waals surface area (Å²) in [6.07, 6.45) is 0. The van der Waals surface area contributed by atoms with Crippen molar-refractivity contribution in [1.29, 1.82) is 0 Å². The van der Waals surface area contributed by atoms with Crippen LogP contribution in [0.15, 0.2) is 48.5 Å². The lowest BCUT2D eigenvalue weighted by Gasteiger charge is -2.15. The van der Waals surface area contributed by atoms with Crippen LogP contribution < -0.4 is 15.4 Å². The van der Waals surface area contributed by atoms with Crippen LogP contribution in [0, 0.1) is 6.92 Å². The van der Waals surface area contributed by atoms with Crippen molar-refractivity contribution in [2.75, 3.05) is 16.8 Å². The number of ether oxygens (including phenoxy) is 1. The summed E-state index contributed by atoms with van der Waals surface area (Å²) in [6.45, 7) is 0.805. The second-order valence-corrected chi connectivity index (χ2v) is 7.13. The summed E-state index contributed by atoms with van der Waals surface area (Å²) in [7, 11) is 0. The molecule has 0 fully saturated rings. The van der Waals surface area contributed by atoms with E-state index in [1.54, 1.807) is 19.1 Å². The average molecular weight is 408 g/mol. The van der Waals surface area contributed by atoms with Crippen LogP contribution in [-0.2, 0) is 9.59 Å². The Morgan fingerprint density at radius 1 is 1.07 bits per heavy atom. The number of hydrogen-bond donors (Lipinski definition) is 2. The quantitative estimate of drug-likeness (QED) is 0.654. The Labute approximate surface area is 166 Å². The van der Waals surface area contributed by atoms with Crippen molar-refractivity contribution < 1.29 is 23.1 Å². The molecule has 2 aromatic rings. The fourth-order valence-electron chi connectivity index (χ4n) is 2.40. The first kappa shape index (κ1) is 21.7. The van der Waals surface area contributed by atoms with E-state index >= 15 is 0 Å². The average Bonchev–Trinajstić information content (AvgIpc) is 2.63. The number of alkyl halides is 2. The van der Waals surface area contributed by atoms with Crippen molar-refractivity contribution in [3.63, 3.8) is 0 Å². The highest BCUT2D eigenvalue weighted by Gasteiger charge is 2.12. The predicted molar refractivity (Wildman–Crippen MR) is 107 cm³/mol. The van der Waals surface area contributed by atoms with E-state index in [9.17, 15) is 18.4 Å². The maximum Gasteiger partial charge on any atom is 0.387 e. The summed E-state index contributed by atoms with van der Waals surface area (Å²) in [6, 6.07) is 13.2. The molecule has 0 aliphatic rings. The fraction of sp³-hybridized carbons (Fsp3) is 0.300. The molecule has 0 heterocycles. The topological polar surface area (TPSA) is 67.4 Å². The van der Waals surface area contributed by atoms with E-state index in [2.05, 4.69) is 15.4 Å². The van der Waals surface area contributed by atoms with Crippen LogP contribution in [0.1, 0.15) is 24.1 Å². The lowest BCUT2D eigenvalue weighted by atomic mass is 10.1. The third kappa shape index (κ3) is 7.56. The molecule has 0 saturated heterocycles. The van der Waals surface area contributed by atoms with Gasteiger partial charge in [0.25, 0.3) is 0 Å². The Hall–Kier alpha value is -2.61. The van der Waals surface area contributed by atoms with Crippen LogP contribution in [0.2, 0.25) is 0 Å². The second-order valence-electron chi connectivity index (χ2n) is 6.15. The lowest BCUT2D eigenvalue weighted by Crippen LogP contribution is -2.28. The van der Waals surface area contributed by atoms with Gasteiger partial charge >= 0.3 is 6.61 Å². The summed E-state index contributed by atoms with van der Waals surface area (Å²) in [5, 5.41) is 5.54. The zero-order valence-corrected chi connectivity index (χ0v) is 16.4. The minimum atomic E-state index is -2.90. The van der Waals surface area contributed by atoms with E-state index in [4.69, 9.17) is 0 Å². The maximum atomic E-state index is 12.3. The van der Waals surface area contributed by atoms with E-state index in [-0.39, 0.29) is 35.1 Å². The van der Waals surface area contributed by atoms with Crippen molar-refractivity contribution in [3.05, 3.63) is 59.7 Å². The fourth-order valence-corrected chi connectivity index (χ4v) is 3.03. The highest BCUT2D eigenvalue weighted by molar-refractivity contribution is 8.00. The first-order valence-electron chi connectivity index (χ1n) is 8.62. The molecule has 2 aromatic carbocycles. The van der Waals surface area contributed by atoms with Gasteiger partial charge < -0.3 is 15.4 Å². The van der Waals surface area contributed by atoms with Crippen LogP contribution in [0.4, 0.5) is 14.5 Å². The van der Waals surface area contributed by atoms with Crippen molar-refractivity contribution in [2.45, 2.75) is 26.5 Å². The number of nitrogens with one attached hydrogen (secondary N) is 2. The first-order chi connectivity index (χ1) is 13.3. The minimum Gasteiger partial charge on any atom is -0.435 e. The van der Waals surface area contributed by atoms with Crippen molar-refractivity contribution >= 4 is 29.3 Å². The van der Waals surface area contributed by atoms with Gasteiger partial charge in [-0.2, -0.15) is 8.78 Å². The van der Waals surface area contributed by atoms with Gasteiger partial charge in [-0.1, -0.05) is 29.8 Å². The van der Waals surface area contributed by atoms with Crippen LogP contribution in [0.5, 0.6) is 5.75 Å². The summed E-state index contributed by atoms with van der Waals surface area (Å²) in [5.41, 5.74) is 2.46. The highest BCUT2D eigenvalue weighted by atomic mass is 32.2. The molecular weight excluding hydrogens is 386 g/mol. The molecule has 1 unspecified atom stereocenters. The Bertz CT molecular complexity index is 800. The molecule has 0 radical (unpaired) electrons. The molecule has 2 N–H and O–H groups in total. The monoisotopic (exact) mass is 408 g/mol. The number of carbonyl (C=O) groups excluding carboxylic acids is 2. The van der Waals surface area contributed by atoms with Gasteiger partial charge in [-0.25, -0.2) is 0 Å². The Morgan fingerprint density at radius 3 is 2.43 bits per heavy atom. The molecule has 2 rings (SSSR count). The van der Waals surface area contributed by atoms with Crippen LogP contribution >= 0.6 is 11.8 Å². The molecule has 2 amide bonds.